The van der Waals surface area contributed by atoms with Gasteiger partial charge in [-0.1, -0.05) is 6.92 Å². The highest BCUT2D eigenvalue weighted by atomic mass is 32.2. The molecule has 0 fully saturated rings. The minimum atomic E-state index is -3.51. The highest BCUT2D eigenvalue weighted by molar-refractivity contribution is 7.89. The van der Waals surface area contributed by atoms with E-state index in [1.54, 1.807) is 6.92 Å². The Hall–Kier alpha value is -1.18. The van der Waals surface area contributed by atoms with Crippen LogP contribution < -0.4 is 16.0 Å². The lowest BCUT2D eigenvalue weighted by molar-refractivity contribution is 0.584. The quantitative estimate of drug-likeness (QED) is 0.473. The van der Waals surface area contributed by atoms with Crippen LogP contribution in [-0.4, -0.2) is 19.9 Å². The molecule has 78 valence electrons. The zero-order valence-corrected chi connectivity index (χ0v) is 8.50. The molecule has 0 aliphatic carbocycles. The van der Waals surface area contributed by atoms with Crippen molar-refractivity contribution in [1.29, 1.82) is 0 Å². The van der Waals surface area contributed by atoms with Gasteiger partial charge in [-0.15, -0.1) is 0 Å². The van der Waals surface area contributed by atoms with Gasteiger partial charge in [-0.3, -0.25) is 0 Å². The Balaban J connectivity index is 3.18. The third kappa shape index (κ3) is 2.19. The number of sulfonamides is 1. The van der Waals surface area contributed by atoms with E-state index < -0.39 is 10.0 Å². The van der Waals surface area contributed by atoms with Crippen molar-refractivity contribution in [2.75, 3.05) is 12.0 Å². The number of nitrogen functional groups attached to an aromatic ring is 1. The van der Waals surface area contributed by atoms with Crippen molar-refractivity contribution in [1.82, 2.24) is 9.71 Å². The van der Waals surface area contributed by atoms with Crippen LogP contribution in [0.3, 0.4) is 0 Å². The Kier molecular flexibility index (Phi) is 3.39. The van der Waals surface area contributed by atoms with Crippen LogP contribution >= 0.6 is 0 Å². The summed E-state index contributed by atoms with van der Waals surface area (Å²) in [6.07, 6.45) is 1.46. The molecule has 1 rings (SSSR count). The monoisotopic (exact) mass is 216 g/mol. The molecule has 0 aliphatic heterocycles. The van der Waals surface area contributed by atoms with Crippen LogP contribution in [0.5, 0.6) is 0 Å². The van der Waals surface area contributed by atoms with Gasteiger partial charge in [-0.05, 0) is 12.1 Å². The summed E-state index contributed by atoms with van der Waals surface area (Å²) < 4.78 is 25.5. The molecule has 14 heavy (non-hydrogen) atoms. The molecule has 0 aliphatic rings. The van der Waals surface area contributed by atoms with E-state index in [-0.39, 0.29) is 10.7 Å². The summed E-state index contributed by atoms with van der Waals surface area (Å²) in [6.45, 7) is 2.02. The molecular weight excluding hydrogens is 204 g/mol. The molecule has 0 radical (unpaired) electrons. The molecule has 0 saturated heterocycles. The zero-order valence-electron chi connectivity index (χ0n) is 7.69. The van der Waals surface area contributed by atoms with E-state index in [1.165, 1.54) is 18.3 Å². The fourth-order valence-corrected chi connectivity index (χ4v) is 2.14. The highest BCUT2D eigenvalue weighted by Crippen LogP contribution is 2.15. The summed E-state index contributed by atoms with van der Waals surface area (Å²) in [6, 6.07) is 2.96. The Bertz CT molecular complexity index is 404. The molecule has 0 bridgehead atoms. The van der Waals surface area contributed by atoms with E-state index in [0.29, 0.717) is 6.54 Å². The maximum atomic E-state index is 11.6. The molecule has 7 heteroatoms. The van der Waals surface area contributed by atoms with Crippen LogP contribution in [0.4, 0.5) is 5.82 Å². The van der Waals surface area contributed by atoms with Crippen LogP contribution in [0.2, 0.25) is 0 Å². The Labute approximate surface area is 82.6 Å². The first-order valence-corrected chi connectivity index (χ1v) is 5.51. The van der Waals surface area contributed by atoms with Crippen LogP contribution in [-0.2, 0) is 10.0 Å². The number of nitrogens with one attached hydrogen (secondary N) is 2. The number of nitrogens with two attached hydrogens (primary N) is 1. The number of anilines is 1. The van der Waals surface area contributed by atoms with Gasteiger partial charge in [0, 0.05) is 12.7 Å². The van der Waals surface area contributed by atoms with Gasteiger partial charge < -0.3 is 5.43 Å². The summed E-state index contributed by atoms with van der Waals surface area (Å²) in [5.41, 5.74) is 2.23. The van der Waals surface area contributed by atoms with Crippen molar-refractivity contribution < 1.29 is 8.42 Å². The Morgan fingerprint density at radius 1 is 1.57 bits per heavy atom. The van der Waals surface area contributed by atoms with Crippen LogP contribution in [0.1, 0.15) is 6.92 Å². The number of hydrogen-bond acceptors (Lipinski definition) is 5. The molecule has 1 aromatic rings. The average Bonchev–Trinajstić information content (AvgIpc) is 2.18. The summed E-state index contributed by atoms with van der Waals surface area (Å²) in [7, 11) is -3.51. The lowest BCUT2D eigenvalue weighted by Gasteiger charge is -2.07. The van der Waals surface area contributed by atoms with Gasteiger partial charge in [0.1, 0.15) is 4.90 Å². The van der Waals surface area contributed by atoms with E-state index in [0.717, 1.165) is 0 Å². The van der Waals surface area contributed by atoms with Crippen LogP contribution in [0, 0.1) is 0 Å². The van der Waals surface area contributed by atoms with Crippen molar-refractivity contribution in [3.8, 4) is 0 Å². The zero-order chi connectivity index (χ0) is 10.6. The first-order valence-electron chi connectivity index (χ1n) is 4.03. The van der Waals surface area contributed by atoms with E-state index in [9.17, 15) is 8.42 Å². The molecule has 4 N–H and O–H groups in total. The smallest absolute Gasteiger partial charge is 0.244 e. The number of hydrogen-bond donors (Lipinski definition) is 3. The topological polar surface area (TPSA) is 97.1 Å². The van der Waals surface area contributed by atoms with Crippen molar-refractivity contribution in [2.45, 2.75) is 11.8 Å². The van der Waals surface area contributed by atoms with E-state index in [2.05, 4.69) is 15.1 Å². The van der Waals surface area contributed by atoms with Crippen molar-refractivity contribution in [3.05, 3.63) is 18.3 Å². The highest BCUT2D eigenvalue weighted by Gasteiger charge is 2.17. The molecule has 1 aromatic heterocycles. The van der Waals surface area contributed by atoms with Gasteiger partial charge in [0.2, 0.25) is 10.0 Å². The molecule has 0 saturated carbocycles. The van der Waals surface area contributed by atoms with E-state index >= 15 is 0 Å². The standard InChI is InChI=1S/C7H12N4O2S/c1-2-10-14(12,13)6-4-3-5-9-7(6)11-8/h3-5,10H,2,8H2,1H3,(H,9,11). The Morgan fingerprint density at radius 2 is 2.29 bits per heavy atom. The lowest BCUT2D eigenvalue weighted by atomic mass is 10.5. The first-order chi connectivity index (χ1) is 6.61. The molecule has 0 unspecified atom stereocenters. The first kappa shape index (κ1) is 10.9. The molecule has 6 nitrogen and oxygen atoms in total. The summed E-state index contributed by atoms with van der Waals surface area (Å²) in [4.78, 5) is 3.84. The van der Waals surface area contributed by atoms with Gasteiger partial charge in [-0.25, -0.2) is 24.0 Å². The normalized spacial score (nSPS) is 11.3. The number of hydrazine groups is 1. The van der Waals surface area contributed by atoms with Gasteiger partial charge in [0.25, 0.3) is 0 Å². The van der Waals surface area contributed by atoms with E-state index in [1.807, 2.05) is 0 Å². The third-order valence-corrected chi connectivity index (χ3v) is 3.11. The van der Waals surface area contributed by atoms with Crippen molar-refractivity contribution in [3.63, 3.8) is 0 Å². The second-order valence-electron chi connectivity index (χ2n) is 2.50. The predicted molar refractivity (Wildman–Crippen MR) is 52.9 cm³/mol. The maximum Gasteiger partial charge on any atom is 0.244 e. The molecule has 0 aromatic carbocycles. The number of aromatic nitrogens is 1. The second kappa shape index (κ2) is 4.36. The van der Waals surface area contributed by atoms with Gasteiger partial charge in [-0.2, -0.15) is 0 Å². The number of nitrogens with zero attached hydrogens (tertiary/aromatic N) is 1. The fraction of sp³-hybridized carbons (Fsp3) is 0.286. The molecule has 0 amide bonds. The second-order valence-corrected chi connectivity index (χ2v) is 4.23. The maximum absolute atomic E-state index is 11.6. The molecule has 1 heterocycles. The van der Waals surface area contributed by atoms with Gasteiger partial charge in [0.05, 0.1) is 0 Å². The average molecular weight is 216 g/mol. The van der Waals surface area contributed by atoms with Crippen molar-refractivity contribution in [2.24, 2.45) is 5.84 Å². The molecular formula is C7H12N4O2S. The SMILES string of the molecule is CCNS(=O)(=O)c1cccnc1NN. The summed E-state index contributed by atoms with van der Waals surface area (Å²) in [5.74, 6) is 5.27. The minimum Gasteiger partial charge on any atom is -0.307 e. The summed E-state index contributed by atoms with van der Waals surface area (Å²) >= 11 is 0. The number of rotatable bonds is 4. The lowest BCUT2D eigenvalue weighted by Crippen LogP contribution is -2.25. The predicted octanol–water partition coefficient (Wildman–Crippen LogP) is -0.335. The largest absolute Gasteiger partial charge is 0.307 e. The fourth-order valence-electron chi connectivity index (χ4n) is 0.984. The van der Waals surface area contributed by atoms with Crippen molar-refractivity contribution >= 4 is 15.8 Å². The summed E-state index contributed by atoms with van der Waals surface area (Å²) in [5, 5.41) is 0. The van der Waals surface area contributed by atoms with E-state index in [4.69, 9.17) is 5.84 Å². The number of pyridine rings is 1. The molecule has 0 atom stereocenters. The van der Waals surface area contributed by atoms with Gasteiger partial charge >= 0.3 is 0 Å². The third-order valence-electron chi connectivity index (χ3n) is 1.53. The molecule has 0 spiro atoms. The van der Waals surface area contributed by atoms with Crippen LogP contribution in [0.15, 0.2) is 23.2 Å². The van der Waals surface area contributed by atoms with Gasteiger partial charge in [0.15, 0.2) is 5.82 Å². The van der Waals surface area contributed by atoms with Crippen LogP contribution in [0.25, 0.3) is 0 Å². The Morgan fingerprint density at radius 3 is 2.86 bits per heavy atom. The minimum absolute atomic E-state index is 0.0457.